The van der Waals surface area contributed by atoms with Crippen LogP contribution < -0.4 is 48.3 Å². The fourth-order valence-corrected chi connectivity index (χ4v) is 2.78. The van der Waals surface area contributed by atoms with Crippen molar-refractivity contribution in [1.29, 1.82) is 0 Å². The van der Waals surface area contributed by atoms with Gasteiger partial charge in [0.2, 0.25) is 47.3 Å². The second kappa shape index (κ2) is 20.9. The van der Waals surface area contributed by atoms with Crippen LogP contribution in [0.1, 0.15) is 6.92 Å². The van der Waals surface area contributed by atoms with Gasteiger partial charge in [0.15, 0.2) is 0 Å². The van der Waals surface area contributed by atoms with E-state index in [9.17, 15) is 53.4 Å². The van der Waals surface area contributed by atoms with Crippen LogP contribution in [-0.4, -0.2) is 150 Å². The molecule has 0 radical (unpaired) electrons. The molecule has 0 rings (SSSR count). The zero-order valence-electron chi connectivity index (χ0n) is 23.5. The predicted molar refractivity (Wildman–Crippen MR) is 143 cm³/mol. The van der Waals surface area contributed by atoms with Crippen LogP contribution in [-0.2, 0) is 43.2 Å². The highest BCUT2D eigenvalue weighted by molar-refractivity contribution is 5.94. The zero-order valence-corrected chi connectivity index (χ0v) is 23.5. The van der Waals surface area contributed by atoms with E-state index in [1.165, 1.54) is 0 Å². The van der Waals surface area contributed by atoms with Gasteiger partial charge < -0.3 is 68.7 Å². The maximum atomic E-state index is 12.1. The molecule has 0 aliphatic carbocycles. The molecular formula is C22H37N9O13. The van der Waals surface area contributed by atoms with Crippen molar-refractivity contribution in [1.82, 2.24) is 42.5 Å². The number of carbonyl (C=O) groups excluding carboxylic acids is 8. The summed E-state index contributed by atoms with van der Waals surface area (Å²) >= 11 is 0. The largest absolute Gasteiger partial charge is 0.480 e. The van der Waals surface area contributed by atoms with Crippen LogP contribution >= 0.6 is 0 Å². The number of aliphatic hydroxyl groups excluding tert-OH is 3. The predicted octanol–water partition coefficient (Wildman–Crippen LogP) is -9.57. The van der Waals surface area contributed by atoms with E-state index in [1.54, 1.807) is 0 Å². The molecule has 248 valence electrons. The topological polar surface area (TPSA) is 357 Å². The summed E-state index contributed by atoms with van der Waals surface area (Å²) < 4.78 is 0. The molecule has 0 fully saturated rings. The Bertz CT molecular complexity index is 1070. The second-order valence-electron chi connectivity index (χ2n) is 8.70. The first-order chi connectivity index (χ1) is 20.6. The van der Waals surface area contributed by atoms with Crippen molar-refractivity contribution >= 4 is 53.2 Å². The minimum Gasteiger partial charge on any atom is -0.480 e. The van der Waals surface area contributed by atoms with Crippen molar-refractivity contribution in [2.75, 3.05) is 52.5 Å². The Morgan fingerprint density at radius 1 is 0.568 bits per heavy atom. The van der Waals surface area contributed by atoms with Gasteiger partial charge in [0, 0.05) is 0 Å². The minimum atomic E-state index is -1.69. The summed E-state index contributed by atoms with van der Waals surface area (Å²) in [5.41, 5.74) is 5.06. The molecule has 14 N–H and O–H groups in total. The van der Waals surface area contributed by atoms with Gasteiger partial charge in [-0.25, -0.2) is 4.79 Å². The molecule has 22 nitrogen and oxygen atoms in total. The molecule has 0 unspecified atom stereocenters. The van der Waals surface area contributed by atoms with Crippen molar-refractivity contribution in [3.63, 3.8) is 0 Å². The van der Waals surface area contributed by atoms with Crippen LogP contribution in [0.2, 0.25) is 0 Å². The number of aliphatic hydroxyl groups is 3. The van der Waals surface area contributed by atoms with E-state index in [2.05, 4.69) is 37.2 Å². The third-order valence-electron chi connectivity index (χ3n) is 5.11. The van der Waals surface area contributed by atoms with Gasteiger partial charge in [0.1, 0.15) is 18.1 Å². The summed E-state index contributed by atoms with van der Waals surface area (Å²) in [5.74, 6) is -8.59. The average Bonchev–Trinajstić information content (AvgIpc) is 2.98. The first kappa shape index (κ1) is 39.1. The molecular weight excluding hydrogens is 598 g/mol. The SMILES string of the molecule is C[C@@H](O)[C@H](NC(=O)CNC(=O)CNC(=O)CNC(=O)[C@H](CO)NC(=O)CNC(=O)CNC(=O)CN)C(=O)N[C@@H](CO)C(=O)O. The fourth-order valence-electron chi connectivity index (χ4n) is 2.78. The molecule has 22 heteroatoms. The van der Waals surface area contributed by atoms with Gasteiger partial charge in [0.05, 0.1) is 58.6 Å². The molecule has 4 atom stereocenters. The highest BCUT2D eigenvalue weighted by atomic mass is 16.4. The summed E-state index contributed by atoms with van der Waals surface area (Å²) in [7, 11) is 0. The second-order valence-corrected chi connectivity index (χ2v) is 8.70. The number of amides is 8. The summed E-state index contributed by atoms with van der Waals surface area (Å²) in [5, 5.41) is 53.7. The molecule has 0 bridgehead atoms. The molecule has 0 aliphatic rings. The Hall–Kier alpha value is -4.93. The maximum absolute atomic E-state index is 12.1. The van der Waals surface area contributed by atoms with E-state index in [4.69, 9.17) is 15.9 Å². The van der Waals surface area contributed by atoms with Gasteiger partial charge in [-0.3, -0.25) is 38.4 Å². The van der Waals surface area contributed by atoms with Crippen molar-refractivity contribution in [3.8, 4) is 0 Å². The lowest BCUT2D eigenvalue weighted by Gasteiger charge is -2.22. The highest BCUT2D eigenvalue weighted by Gasteiger charge is 2.29. The average molecular weight is 636 g/mol. The number of carboxylic acid groups (broad SMARTS) is 1. The summed E-state index contributed by atoms with van der Waals surface area (Å²) in [4.78, 5) is 106. The van der Waals surface area contributed by atoms with Gasteiger partial charge in [-0.1, -0.05) is 0 Å². The number of aliphatic carboxylic acids is 1. The Balaban J connectivity index is 4.50. The number of nitrogens with one attached hydrogen (secondary N) is 8. The highest BCUT2D eigenvalue weighted by Crippen LogP contribution is 1.95. The lowest BCUT2D eigenvalue weighted by molar-refractivity contribution is -0.144. The Labute approximate surface area is 249 Å². The number of carboxylic acids is 1. The van der Waals surface area contributed by atoms with Crippen molar-refractivity contribution in [3.05, 3.63) is 0 Å². The normalized spacial score (nSPS) is 13.0. The van der Waals surface area contributed by atoms with Crippen LogP contribution in [0.5, 0.6) is 0 Å². The van der Waals surface area contributed by atoms with E-state index < -0.39 is 123 Å². The van der Waals surface area contributed by atoms with E-state index in [1.807, 2.05) is 5.32 Å². The standard InChI is InChI=1S/C22H37N9O13/c1-10(34)19(21(42)30-12(9-33)22(43)44)31-18(40)7-27-15(37)4-25-16(38)5-28-20(41)11(8-32)29-17(39)6-26-14(36)3-24-13(35)2-23/h10-12,19,32-34H,2-9,23H2,1H3,(H,24,35)(H,25,38)(H,26,36)(H,27,37)(H,28,41)(H,29,39)(H,30,42)(H,31,40)(H,43,44)/t10-,11+,12+,19+/m1/s1. The van der Waals surface area contributed by atoms with Gasteiger partial charge in [-0.05, 0) is 6.92 Å². The molecule has 0 aromatic heterocycles. The maximum Gasteiger partial charge on any atom is 0.328 e. The molecule has 44 heavy (non-hydrogen) atoms. The molecule has 0 aliphatic heterocycles. The van der Waals surface area contributed by atoms with Crippen molar-refractivity contribution in [2.45, 2.75) is 31.2 Å². The number of hydrogen-bond donors (Lipinski definition) is 13. The van der Waals surface area contributed by atoms with E-state index in [0.717, 1.165) is 6.92 Å². The van der Waals surface area contributed by atoms with Crippen LogP contribution in [0.25, 0.3) is 0 Å². The molecule has 8 amide bonds. The van der Waals surface area contributed by atoms with Crippen LogP contribution in [0.15, 0.2) is 0 Å². The smallest absolute Gasteiger partial charge is 0.328 e. The lowest BCUT2D eigenvalue weighted by Crippen LogP contribution is -2.57. The number of nitrogens with two attached hydrogens (primary N) is 1. The fraction of sp³-hybridized carbons (Fsp3) is 0.591. The van der Waals surface area contributed by atoms with Gasteiger partial charge >= 0.3 is 5.97 Å². The molecule has 0 aromatic rings. The molecule has 0 saturated carbocycles. The number of hydrogen-bond acceptors (Lipinski definition) is 13. The van der Waals surface area contributed by atoms with E-state index >= 15 is 0 Å². The lowest BCUT2D eigenvalue weighted by atomic mass is 10.1. The van der Waals surface area contributed by atoms with Crippen LogP contribution in [0, 0.1) is 0 Å². The first-order valence-corrected chi connectivity index (χ1v) is 12.7. The Kier molecular flexibility index (Phi) is 18.5. The van der Waals surface area contributed by atoms with Crippen LogP contribution in [0.3, 0.4) is 0 Å². The number of rotatable bonds is 20. The van der Waals surface area contributed by atoms with Crippen molar-refractivity contribution < 1.29 is 63.6 Å². The van der Waals surface area contributed by atoms with Gasteiger partial charge in [-0.15, -0.1) is 0 Å². The van der Waals surface area contributed by atoms with E-state index in [-0.39, 0.29) is 6.54 Å². The first-order valence-electron chi connectivity index (χ1n) is 12.7. The monoisotopic (exact) mass is 635 g/mol. The minimum absolute atomic E-state index is 0.340. The third kappa shape index (κ3) is 16.5. The Morgan fingerprint density at radius 3 is 1.39 bits per heavy atom. The Morgan fingerprint density at radius 2 is 0.977 bits per heavy atom. The third-order valence-corrected chi connectivity index (χ3v) is 5.11. The summed E-state index contributed by atoms with van der Waals surface area (Å²) in [6.07, 6.45) is -1.49. The van der Waals surface area contributed by atoms with E-state index in [0.29, 0.717) is 0 Å². The molecule has 0 aromatic carbocycles. The zero-order chi connectivity index (χ0) is 33.8. The quantitative estimate of drug-likeness (QED) is 0.0591. The molecule has 0 heterocycles. The summed E-state index contributed by atoms with van der Waals surface area (Å²) in [6.45, 7) is -4.15. The molecule has 0 saturated heterocycles. The van der Waals surface area contributed by atoms with Crippen LogP contribution in [0.4, 0.5) is 0 Å². The van der Waals surface area contributed by atoms with Gasteiger partial charge in [-0.2, -0.15) is 0 Å². The van der Waals surface area contributed by atoms with Crippen molar-refractivity contribution in [2.24, 2.45) is 5.73 Å². The summed E-state index contributed by atoms with van der Waals surface area (Å²) in [6, 6.07) is -4.82. The number of carbonyl (C=O) groups is 9. The van der Waals surface area contributed by atoms with Gasteiger partial charge in [0.25, 0.3) is 0 Å². The molecule has 0 spiro atoms.